The van der Waals surface area contributed by atoms with Crippen molar-refractivity contribution in [1.29, 1.82) is 0 Å². The van der Waals surface area contributed by atoms with Crippen LogP contribution in [-0.4, -0.2) is 0 Å². The molecule has 0 fully saturated rings. The number of hydrogen-bond acceptors (Lipinski definition) is 4. The highest BCUT2D eigenvalue weighted by Crippen LogP contribution is 2.48. The molecule has 54 heavy (non-hydrogen) atoms. The topological polar surface area (TPSA) is 42.7 Å². The molecule has 0 bridgehead atoms. The smallest absolute Gasteiger partial charge is 0.159 e. The van der Waals surface area contributed by atoms with Gasteiger partial charge >= 0.3 is 0 Å². The van der Waals surface area contributed by atoms with Gasteiger partial charge in [0.15, 0.2) is 5.58 Å². The number of benzene rings is 9. The van der Waals surface area contributed by atoms with E-state index in [2.05, 4.69) is 163 Å². The third kappa shape index (κ3) is 4.13. The molecule has 0 unspecified atom stereocenters. The van der Waals surface area contributed by atoms with Crippen LogP contribution >= 0.6 is 0 Å². The standard InChI is InChI=1S/C50H29NO3/c1-3-12-35-30(10-1)24-28-38-37-16-7-18-42(50(37)54-48(35)38)51(41-17-9-21-45-47(41)39-14-5-6-19-43(39)52-45)33-26-22-32(23-27-33)34-15-8-20-44-46(34)40-29-25-31-11-2-4-13-36(31)49(40)53-44/h1-29H. The van der Waals surface area contributed by atoms with Crippen LogP contribution < -0.4 is 4.90 Å². The van der Waals surface area contributed by atoms with Gasteiger partial charge in [-0.15, -0.1) is 0 Å². The number of fused-ring (bicyclic) bond motifs is 13. The Morgan fingerprint density at radius 3 is 1.69 bits per heavy atom. The van der Waals surface area contributed by atoms with Gasteiger partial charge in [0.2, 0.25) is 0 Å². The summed E-state index contributed by atoms with van der Waals surface area (Å²) in [5.74, 6) is 0. The number of hydrogen-bond donors (Lipinski definition) is 0. The zero-order chi connectivity index (χ0) is 35.3. The van der Waals surface area contributed by atoms with E-state index in [9.17, 15) is 0 Å². The van der Waals surface area contributed by atoms with E-state index in [-0.39, 0.29) is 0 Å². The lowest BCUT2D eigenvalue weighted by Gasteiger charge is -2.26. The summed E-state index contributed by atoms with van der Waals surface area (Å²) in [4.78, 5) is 2.32. The van der Waals surface area contributed by atoms with E-state index in [1.165, 1.54) is 5.39 Å². The fraction of sp³-hybridized carbons (Fsp3) is 0. The quantitative estimate of drug-likeness (QED) is 0.184. The highest BCUT2D eigenvalue weighted by molar-refractivity contribution is 6.21. The second-order valence-electron chi connectivity index (χ2n) is 14.0. The number of nitrogens with zero attached hydrogens (tertiary/aromatic N) is 1. The Kier molecular flexibility index (Phi) is 6.02. The summed E-state index contributed by atoms with van der Waals surface area (Å²) in [6, 6.07) is 61.8. The van der Waals surface area contributed by atoms with Gasteiger partial charge < -0.3 is 18.2 Å². The molecule has 9 aromatic carbocycles. The van der Waals surface area contributed by atoms with E-state index in [1.54, 1.807) is 0 Å². The number of rotatable bonds is 4. The molecule has 0 aliphatic heterocycles. The van der Waals surface area contributed by atoms with Gasteiger partial charge in [-0.2, -0.15) is 0 Å². The van der Waals surface area contributed by atoms with Crippen LogP contribution in [0.1, 0.15) is 0 Å². The third-order valence-electron chi connectivity index (χ3n) is 11.1. The minimum Gasteiger partial charge on any atom is -0.456 e. The van der Waals surface area contributed by atoms with Crippen molar-refractivity contribution in [3.05, 3.63) is 176 Å². The Bertz CT molecular complexity index is 3450. The van der Waals surface area contributed by atoms with Crippen molar-refractivity contribution in [3.63, 3.8) is 0 Å². The van der Waals surface area contributed by atoms with Crippen molar-refractivity contribution in [2.45, 2.75) is 0 Å². The molecule has 0 spiro atoms. The molecule has 0 aliphatic rings. The lowest BCUT2D eigenvalue weighted by Crippen LogP contribution is -2.10. The molecule has 0 N–H and O–H groups in total. The van der Waals surface area contributed by atoms with E-state index in [1.807, 2.05) is 18.2 Å². The first-order valence-corrected chi connectivity index (χ1v) is 18.3. The molecular formula is C50H29NO3. The molecule has 12 rings (SSSR count). The second-order valence-corrected chi connectivity index (χ2v) is 14.0. The summed E-state index contributed by atoms with van der Waals surface area (Å²) < 4.78 is 19.9. The highest BCUT2D eigenvalue weighted by Gasteiger charge is 2.24. The molecule has 0 radical (unpaired) electrons. The largest absolute Gasteiger partial charge is 0.456 e. The molecule has 3 heterocycles. The molecule has 4 heteroatoms. The lowest BCUT2D eigenvalue weighted by molar-refractivity contribution is 0.668. The van der Waals surface area contributed by atoms with Gasteiger partial charge in [-0.05, 0) is 76.5 Å². The van der Waals surface area contributed by atoms with Crippen LogP contribution in [0.2, 0.25) is 0 Å². The number of furan rings is 3. The zero-order valence-electron chi connectivity index (χ0n) is 28.9. The van der Waals surface area contributed by atoms with Gasteiger partial charge in [0.25, 0.3) is 0 Å². The van der Waals surface area contributed by atoms with E-state index in [4.69, 9.17) is 13.3 Å². The van der Waals surface area contributed by atoms with Crippen LogP contribution in [-0.2, 0) is 0 Å². The molecule has 0 saturated carbocycles. The average Bonchev–Trinajstić information content (AvgIpc) is 3.94. The van der Waals surface area contributed by atoms with Gasteiger partial charge in [0, 0.05) is 43.4 Å². The molecule has 3 aromatic heterocycles. The van der Waals surface area contributed by atoms with Crippen LogP contribution in [0.25, 0.3) is 98.5 Å². The molecule has 0 saturated heterocycles. The van der Waals surface area contributed by atoms with Crippen LogP contribution in [0.15, 0.2) is 189 Å². The van der Waals surface area contributed by atoms with Crippen LogP contribution in [0.4, 0.5) is 17.1 Å². The summed E-state index contributed by atoms with van der Waals surface area (Å²) in [6.45, 7) is 0. The number of para-hydroxylation sites is 2. The maximum Gasteiger partial charge on any atom is 0.159 e. The first-order chi connectivity index (χ1) is 26.8. The fourth-order valence-electron chi connectivity index (χ4n) is 8.62. The average molecular weight is 692 g/mol. The monoisotopic (exact) mass is 691 g/mol. The molecule has 0 atom stereocenters. The minimum absolute atomic E-state index is 0.833. The van der Waals surface area contributed by atoms with Crippen LogP contribution in [0.5, 0.6) is 0 Å². The summed E-state index contributed by atoms with van der Waals surface area (Å²) in [5.41, 5.74) is 10.4. The molecule has 0 amide bonds. The van der Waals surface area contributed by atoms with Crippen LogP contribution in [0, 0.1) is 0 Å². The van der Waals surface area contributed by atoms with E-state index in [0.29, 0.717) is 0 Å². The Morgan fingerprint density at radius 2 is 0.889 bits per heavy atom. The maximum atomic E-state index is 6.93. The van der Waals surface area contributed by atoms with E-state index >= 15 is 0 Å². The minimum atomic E-state index is 0.833. The highest BCUT2D eigenvalue weighted by atomic mass is 16.3. The Hall–Kier alpha value is -7.30. The summed E-state index contributed by atoms with van der Waals surface area (Å²) in [7, 11) is 0. The Morgan fingerprint density at radius 1 is 0.315 bits per heavy atom. The SMILES string of the molecule is c1ccc2c(c1)ccc1c3cccc(N(c4ccc(-c5cccc6oc7c8ccccc8ccc7c56)cc4)c4cccc5oc6ccccc6c45)c3oc21. The van der Waals surface area contributed by atoms with Crippen molar-refractivity contribution >= 4 is 104 Å². The molecule has 4 nitrogen and oxygen atoms in total. The normalized spacial score (nSPS) is 12.1. The molecule has 12 aromatic rings. The fourth-order valence-corrected chi connectivity index (χ4v) is 8.62. The van der Waals surface area contributed by atoms with Crippen molar-refractivity contribution in [1.82, 2.24) is 0 Å². The summed E-state index contributed by atoms with van der Waals surface area (Å²) in [6.07, 6.45) is 0. The van der Waals surface area contributed by atoms with E-state index in [0.717, 1.165) is 110 Å². The van der Waals surface area contributed by atoms with Gasteiger partial charge in [-0.25, -0.2) is 0 Å². The third-order valence-corrected chi connectivity index (χ3v) is 11.1. The number of anilines is 3. The molecular weight excluding hydrogens is 663 g/mol. The Balaban J connectivity index is 1.10. The van der Waals surface area contributed by atoms with Gasteiger partial charge in [-0.3, -0.25) is 0 Å². The maximum absolute atomic E-state index is 6.93. The van der Waals surface area contributed by atoms with Crippen molar-refractivity contribution in [3.8, 4) is 11.1 Å². The molecule has 0 aliphatic carbocycles. The van der Waals surface area contributed by atoms with Crippen molar-refractivity contribution in [2.24, 2.45) is 0 Å². The summed E-state index contributed by atoms with van der Waals surface area (Å²) >= 11 is 0. The van der Waals surface area contributed by atoms with Gasteiger partial charge in [0.1, 0.15) is 27.9 Å². The Labute approximate surface area is 308 Å². The van der Waals surface area contributed by atoms with Crippen LogP contribution in [0.3, 0.4) is 0 Å². The lowest BCUT2D eigenvalue weighted by atomic mass is 9.98. The van der Waals surface area contributed by atoms with Gasteiger partial charge in [0.05, 0.1) is 16.8 Å². The van der Waals surface area contributed by atoms with E-state index < -0.39 is 0 Å². The predicted octanol–water partition coefficient (Wildman–Crippen LogP) is 14.8. The van der Waals surface area contributed by atoms with Gasteiger partial charge in [-0.1, -0.05) is 121 Å². The zero-order valence-corrected chi connectivity index (χ0v) is 28.9. The first kappa shape index (κ1) is 29.3. The second kappa shape index (κ2) is 11.1. The van der Waals surface area contributed by atoms with Crippen molar-refractivity contribution < 1.29 is 13.3 Å². The summed E-state index contributed by atoms with van der Waals surface area (Å²) in [5, 5.41) is 11.1. The first-order valence-electron chi connectivity index (χ1n) is 18.3. The van der Waals surface area contributed by atoms with Crippen molar-refractivity contribution in [2.75, 3.05) is 4.90 Å². The predicted molar refractivity (Wildman–Crippen MR) is 223 cm³/mol. The molecule has 252 valence electrons.